The summed E-state index contributed by atoms with van der Waals surface area (Å²) in [6.07, 6.45) is 3.37. The SMILES string of the molecule is COc1ccc(/C=C\C(=O)N[C@@H]2CC(=O)N(c3ccc4c(c3)OCCO4)C2)cc1OC. The lowest BCUT2D eigenvalue weighted by molar-refractivity contribution is -0.117. The zero-order valence-electron chi connectivity index (χ0n) is 17.4. The Kier molecular flexibility index (Phi) is 5.97. The normalized spacial score (nSPS) is 17.7. The van der Waals surface area contributed by atoms with Crippen LogP contribution < -0.4 is 29.2 Å². The molecule has 0 radical (unpaired) electrons. The van der Waals surface area contributed by atoms with E-state index in [0.717, 1.165) is 11.3 Å². The standard InChI is InChI=1S/C23H24N2O6/c1-28-18-6-3-15(11-20(18)29-2)4-8-22(26)24-16-12-23(27)25(14-16)17-5-7-19-21(13-17)31-10-9-30-19/h3-8,11,13,16H,9-10,12,14H2,1-2H3,(H,24,26)/b8-4-/t16-/m1/s1. The van der Waals surface area contributed by atoms with Crippen LogP contribution in [0, 0.1) is 0 Å². The van der Waals surface area contributed by atoms with Crippen molar-refractivity contribution in [1.82, 2.24) is 5.32 Å². The summed E-state index contributed by atoms with van der Waals surface area (Å²) in [6, 6.07) is 10.5. The lowest BCUT2D eigenvalue weighted by Crippen LogP contribution is -2.36. The molecular weight excluding hydrogens is 400 g/mol. The average molecular weight is 424 g/mol. The topological polar surface area (TPSA) is 86.3 Å². The van der Waals surface area contributed by atoms with Crippen LogP contribution in [0.3, 0.4) is 0 Å². The van der Waals surface area contributed by atoms with Gasteiger partial charge in [0.2, 0.25) is 11.8 Å². The highest BCUT2D eigenvalue weighted by Crippen LogP contribution is 2.35. The van der Waals surface area contributed by atoms with Crippen molar-refractivity contribution in [3.8, 4) is 23.0 Å². The van der Waals surface area contributed by atoms with Gasteiger partial charge in [-0.05, 0) is 35.9 Å². The van der Waals surface area contributed by atoms with Crippen LogP contribution in [0.25, 0.3) is 6.08 Å². The molecule has 0 spiro atoms. The lowest BCUT2D eigenvalue weighted by Gasteiger charge is -2.22. The van der Waals surface area contributed by atoms with Crippen molar-refractivity contribution in [1.29, 1.82) is 0 Å². The first-order chi connectivity index (χ1) is 15.1. The second-order valence-corrected chi connectivity index (χ2v) is 7.19. The van der Waals surface area contributed by atoms with Crippen LogP contribution in [-0.4, -0.2) is 51.8 Å². The van der Waals surface area contributed by atoms with Crippen molar-refractivity contribution >= 4 is 23.6 Å². The van der Waals surface area contributed by atoms with Crippen LogP contribution >= 0.6 is 0 Å². The molecule has 2 amide bonds. The monoisotopic (exact) mass is 424 g/mol. The van der Waals surface area contributed by atoms with Crippen molar-refractivity contribution in [3.05, 3.63) is 48.0 Å². The molecule has 2 heterocycles. The van der Waals surface area contributed by atoms with Gasteiger partial charge in [0.1, 0.15) is 13.2 Å². The van der Waals surface area contributed by atoms with E-state index in [4.69, 9.17) is 18.9 Å². The van der Waals surface area contributed by atoms with E-state index in [1.165, 1.54) is 6.08 Å². The first-order valence-electron chi connectivity index (χ1n) is 9.98. The van der Waals surface area contributed by atoms with Gasteiger partial charge in [0.05, 0.1) is 20.3 Å². The van der Waals surface area contributed by atoms with Gasteiger partial charge in [0.15, 0.2) is 23.0 Å². The Morgan fingerprint density at radius 3 is 2.61 bits per heavy atom. The Labute approximate surface area is 180 Å². The highest BCUT2D eigenvalue weighted by Gasteiger charge is 2.32. The van der Waals surface area contributed by atoms with Crippen LogP contribution in [0.5, 0.6) is 23.0 Å². The fourth-order valence-electron chi connectivity index (χ4n) is 3.63. The largest absolute Gasteiger partial charge is 0.493 e. The first-order valence-corrected chi connectivity index (χ1v) is 9.98. The van der Waals surface area contributed by atoms with Crippen molar-refractivity contribution in [2.24, 2.45) is 0 Å². The number of carbonyl (C=O) groups is 2. The number of ether oxygens (including phenoxy) is 4. The van der Waals surface area contributed by atoms with Gasteiger partial charge in [0.25, 0.3) is 0 Å². The van der Waals surface area contributed by atoms with Gasteiger partial charge in [-0.1, -0.05) is 6.07 Å². The number of rotatable bonds is 6. The van der Waals surface area contributed by atoms with Gasteiger partial charge in [0, 0.05) is 30.8 Å². The molecule has 1 N–H and O–H groups in total. The zero-order valence-corrected chi connectivity index (χ0v) is 17.4. The van der Waals surface area contributed by atoms with E-state index in [2.05, 4.69) is 5.32 Å². The summed E-state index contributed by atoms with van der Waals surface area (Å²) in [7, 11) is 3.13. The molecule has 2 aromatic carbocycles. The molecule has 0 aromatic heterocycles. The molecule has 0 unspecified atom stereocenters. The number of benzene rings is 2. The van der Waals surface area contributed by atoms with E-state index in [1.54, 1.807) is 49.5 Å². The summed E-state index contributed by atoms with van der Waals surface area (Å²) in [5.74, 6) is 2.19. The second kappa shape index (κ2) is 8.99. The quantitative estimate of drug-likeness (QED) is 0.717. The summed E-state index contributed by atoms with van der Waals surface area (Å²) in [6.45, 7) is 1.39. The molecule has 2 aliphatic heterocycles. The van der Waals surface area contributed by atoms with E-state index in [0.29, 0.717) is 42.8 Å². The van der Waals surface area contributed by atoms with Gasteiger partial charge in [-0.15, -0.1) is 0 Å². The van der Waals surface area contributed by atoms with Gasteiger partial charge >= 0.3 is 0 Å². The molecule has 1 saturated heterocycles. The number of carbonyl (C=O) groups excluding carboxylic acids is 2. The second-order valence-electron chi connectivity index (χ2n) is 7.19. The number of hydrogen-bond acceptors (Lipinski definition) is 6. The number of fused-ring (bicyclic) bond motifs is 1. The number of nitrogens with zero attached hydrogens (tertiary/aromatic N) is 1. The number of amides is 2. The maximum atomic E-state index is 12.5. The summed E-state index contributed by atoms with van der Waals surface area (Å²) in [5.41, 5.74) is 1.53. The molecule has 1 atom stereocenters. The molecule has 2 aromatic rings. The molecule has 1 fully saturated rings. The molecular formula is C23H24N2O6. The van der Waals surface area contributed by atoms with E-state index in [9.17, 15) is 9.59 Å². The highest BCUT2D eigenvalue weighted by molar-refractivity contribution is 5.98. The number of anilines is 1. The van der Waals surface area contributed by atoms with Gasteiger partial charge in [-0.2, -0.15) is 0 Å². The molecule has 31 heavy (non-hydrogen) atoms. The molecule has 4 rings (SSSR count). The Morgan fingerprint density at radius 1 is 1.06 bits per heavy atom. The fourth-order valence-corrected chi connectivity index (χ4v) is 3.63. The third kappa shape index (κ3) is 4.58. The predicted octanol–water partition coefficient (Wildman–Crippen LogP) is 2.41. The van der Waals surface area contributed by atoms with Crippen molar-refractivity contribution < 1.29 is 28.5 Å². The Balaban J connectivity index is 1.37. The van der Waals surface area contributed by atoms with Crippen molar-refractivity contribution in [2.45, 2.75) is 12.5 Å². The van der Waals surface area contributed by atoms with Gasteiger partial charge < -0.3 is 29.2 Å². The van der Waals surface area contributed by atoms with Gasteiger partial charge in [-0.3, -0.25) is 9.59 Å². The summed E-state index contributed by atoms with van der Waals surface area (Å²) < 4.78 is 21.6. The molecule has 8 heteroatoms. The smallest absolute Gasteiger partial charge is 0.244 e. The maximum Gasteiger partial charge on any atom is 0.244 e. The van der Waals surface area contributed by atoms with E-state index < -0.39 is 0 Å². The molecule has 0 saturated carbocycles. The van der Waals surface area contributed by atoms with E-state index in [1.807, 2.05) is 12.1 Å². The Bertz CT molecular complexity index is 1020. The Morgan fingerprint density at radius 2 is 1.84 bits per heavy atom. The molecule has 0 bridgehead atoms. The van der Waals surface area contributed by atoms with Crippen molar-refractivity contribution in [3.63, 3.8) is 0 Å². The summed E-state index contributed by atoms with van der Waals surface area (Å²) in [5, 5.41) is 2.89. The third-order valence-corrected chi connectivity index (χ3v) is 5.14. The molecule has 8 nitrogen and oxygen atoms in total. The van der Waals surface area contributed by atoms with Gasteiger partial charge in [-0.25, -0.2) is 0 Å². The van der Waals surface area contributed by atoms with E-state index >= 15 is 0 Å². The van der Waals surface area contributed by atoms with Crippen LogP contribution in [0.1, 0.15) is 12.0 Å². The van der Waals surface area contributed by atoms with Crippen LogP contribution in [0.15, 0.2) is 42.5 Å². The van der Waals surface area contributed by atoms with E-state index in [-0.39, 0.29) is 24.3 Å². The lowest BCUT2D eigenvalue weighted by atomic mass is 10.2. The average Bonchev–Trinajstić information content (AvgIpc) is 3.16. The maximum absolute atomic E-state index is 12.5. The van der Waals surface area contributed by atoms with Crippen LogP contribution in [0.4, 0.5) is 5.69 Å². The predicted molar refractivity (Wildman–Crippen MR) is 115 cm³/mol. The summed E-state index contributed by atoms with van der Waals surface area (Å²) in [4.78, 5) is 26.5. The fraction of sp³-hybridized carbons (Fsp3) is 0.304. The number of methoxy groups -OCH3 is 2. The third-order valence-electron chi connectivity index (χ3n) is 5.14. The summed E-state index contributed by atoms with van der Waals surface area (Å²) >= 11 is 0. The molecule has 2 aliphatic rings. The van der Waals surface area contributed by atoms with Crippen LogP contribution in [-0.2, 0) is 9.59 Å². The minimum atomic E-state index is -0.275. The number of nitrogens with one attached hydrogen (secondary N) is 1. The van der Waals surface area contributed by atoms with Crippen LogP contribution in [0.2, 0.25) is 0 Å². The van der Waals surface area contributed by atoms with Crippen molar-refractivity contribution in [2.75, 3.05) is 38.9 Å². The minimum absolute atomic E-state index is 0.0501. The molecule has 162 valence electrons. The first kappa shape index (κ1) is 20.6. The number of hydrogen-bond donors (Lipinski definition) is 1. The molecule has 0 aliphatic carbocycles. The Hall–Kier alpha value is -3.68. The zero-order chi connectivity index (χ0) is 21.8. The highest BCUT2D eigenvalue weighted by atomic mass is 16.6. The minimum Gasteiger partial charge on any atom is -0.493 e.